The smallest absolute Gasteiger partial charge is 0.341 e. The highest BCUT2D eigenvalue weighted by molar-refractivity contribution is 7.18. The Balaban J connectivity index is 2.43. The maximum Gasteiger partial charge on any atom is 0.341 e. The van der Waals surface area contributed by atoms with E-state index in [2.05, 4.69) is 5.32 Å². The van der Waals surface area contributed by atoms with Crippen LogP contribution in [-0.2, 0) is 4.74 Å². The van der Waals surface area contributed by atoms with E-state index in [1.54, 1.807) is 13.8 Å². The van der Waals surface area contributed by atoms with E-state index in [1.807, 2.05) is 0 Å². The van der Waals surface area contributed by atoms with Crippen LogP contribution in [0.1, 0.15) is 49.8 Å². The van der Waals surface area contributed by atoms with Crippen molar-refractivity contribution in [1.29, 1.82) is 0 Å². The van der Waals surface area contributed by atoms with Crippen molar-refractivity contribution in [3.63, 3.8) is 0 Å². The molecule has 1 N–H and O–H groups in total. The zero-order valence-corrected chi connectivity index (χ0v) is 16.2. The number of anilines is 1. The molecule has 0 fully saturated rings. The molecule has 2 aromatic rings. The molecule has 0 unspecified atom stereocenters. The van der Waals surface area contributed by atoms with Gasteiger partial charge in [-0.1, -0.05) is 11.6 Å². The lowest BCUT2D eigenvalue weighted by molar-refractivity contribution is -0.384. The summed E-state index contributed by atoms with van der Waals surface area (Å²) in [6, 6.07) is 3.42. The van der Waals surface area contributed by atoms with E-state index in [4.69, 9.17) is 16.3 Å². The number of thiophene rings is 1. The van der Waals surface area contributed by atoms with Gasteiger partial charge in [0.05, 0.1) is 32.6 Å². The number of nitro groups is 1. The summed E-state index contributed by atoms with van der Waals surface area (Å²) in [4.78, 5) is 47.0. The molecule has 0 atom stereocenters. The summed E-state index contributed by atoms with van der Waals surface area (Å²) in [7, 11) is 0. The first-order valence-corrected chi connectivity index (χ1v) is 8.93. The number of nitrogens with one attached hydrogen (secondary N) is 1. The molecule has 0 radical (unpaired) electrons. The largest absolute Gasteiger partial charge is 0.462 e. The van der Waals surface area contributed by atoms with Crippen molar-refractivity contribution in [2.45, 2.75) is 20.8 Å². The minimum Gasteiger partial charge on any atom is -0.462 e. The summed E-state index contributed by atoms with van der Waals surface area (Å²) in [6.07, 6.45) is 0. The monoisotopic (exact) mass is 410 g/mol. The first-order chi connectivity index (χ1) is 12.7. The molecule has 0 aliphatic heterocycles. The van der Waals surface area contributed by atoms with Gasteiger partial charge < -0.3 is 10.1 Å². The van der Waals surface area contributed by atoms with Gasteiger partial charge in [-0.15, -0.1) is 11.3 Å². The minimum absolute atomic E-state index is 0.00694. The topological polar surface area (TPSA) is 116 Å². The second-order valence-electron chi connectivity index (χ2n) is 5.41. The predicted octanol–water partition coefficient (Wildman–Crippen LogP) is 4.25. The maximum absolute atomic E-state index is 12.5. The van der Waals surface area contributed by atoms with E-state index in [-0.39, 0.29) is 39.2 Å². The highest BCUT2D eigenvalue weighted by Gasteiger charge is 2.26. The fourth-order valence-electron chi connectivity index (χ4n) is 2.36. The minimum atomic E-state index is -0.670. The number of hydrogen-bond acceptors (Lipinski definition) is 7. The van der Waals surface area contributed by atoms with E-state index in [0.29, 0.717) is 10.4 Å². The van der Waals surface area contributed by atoms with E-state index in [1.165, 1.54) is 13.0 Å². The number of carbonyl (C=O) groups excluding carboxylic acids is 3. The number of ketones is 1. The van der Waals surface area contributed by atoms with Crippen molar-refractivity contribution in [2.75, 3.05) is 11.9 Å². The molecule has 142 valence electrons. The highest BCUT2D eigenvalue weighted by atomic mass is 35.5. The number of non-ortho nitro benzene ring substituents is 1. The molecule has 2 rings (SSSR count). The van der Waals surface area contributed by atoms with Gasteiger partial charge in [0, 0.05) is 12.1 Å². The molecule has 0 saturated carbocycles. The van der Waals surface area contributed by atoms with Crippen LogP contribution in [0, 0.1) is 17.0 Å². The molecular formula is C17H15ClN2O6S. The average Bonchev–Trinajstić information content (AvgIpc) is 2.91. The van der Waals surface area contributed by atoms with Crippen LogP contribution >= 0.6 is 22.9 Å². The van der Waals surface area contributed by atoms with Crippen LogP contribution in [0.5, 0.6) is 0 Å². The predicted molar refractivity (Wildman–Crippen MR) is 101 cm³/mol. The van der Waals surface area contributed by atoms with Crippen LogP contribution in [0.25, 0.3) is 0 Å². The van der Waals surface area contributed by atoms with Gasteiger partial charge in [0.2, 0.25) is 0 Å². The Hall–Kier alpha value is -2.78. The number of carbonyl (C=O) groups is 3. The highest BCUT2D eigenvalue weighted by Crippen LogP contribution is 2.35. The molecule has 1 heterocycles. The summed E-state index contributed by atoms with van der Waals surface area (Å²) in [5.41, 5.74) is 0.247. The summed E-state index contributed by atoms with van der Waals surface area (Å²) in [5.74, 6) is -1.59. The Morgan fingerprint density at radius 1 is 1.33 bits per heavy atom. The number of amides is 1. The number of halogens is 1. The number of rotatable bonds is 6. The number of esters is 1. The molecule has 1 aromatic carbocycles. The zero-order valence-electron chi connectivity index (χ0n) is 14.6. The molecule has 1 amide bonds. The maximum atomic E-state index is 12.5. The second kappa shape index (κ2) is 8.28. The van der Waals surface area contributed by atoms with Crippen molar-refractivity contribution < 1.29 is 24.0 Å². The average molecular weight is 411 g/mol. The fourth-order valence-corrected chi connectivity index (χ4v) is 3.70. The summed E-state index contributed by atoms with van der Waals surface area (Å²) in [5, 5.41) is 13.4. The SMILES string of the molecule is CCOC(=O)c1c(NC(=O)c2ccc([N+](=O)[O-])cc2Cl)sc(C(C)=O)c1C. The Bertz CT molecular complexity index is 953. The van der Waals surface area contributed by atoms with Crippen LogP contribution in [0.3, 0.4) is 0 Å². The summed E-state index contributed by atoms with van der Waals surface area (Å²) in [6.45, 7) is 4.71. The van der Waals surface area contributed by atoms with Gasteiger partial charge >= 0.3 is 5.97 Å². The Morgan fingerprint density at radius 2 is 2.00 bits per heavy atom. The Labute approximate surface area is 163 Å². The third-order valence-electron chi connectivity index (χ3n) is 3.58. The van der Waals surface area contributed by atoms with Gasteiger partial charge in [0.15, 0.2) is 5.78 Å². The fraction of sp³-hybridized carbons (Fsp3) is 0.235. The quantitative estimate of drug-likeness (QED) is 0.329. The second-order valence-corrected chi connectivity index (χ2v) is 6.84. The number of hydrogen-bond donors (Lipinski definition) is 1. The van der Waals surface area contributed by atoms with Crippen LogP contribution in [0.4, 0.5) is 10.7 Å². The molecule has 0 saturated heterocycles. The molecule has 0 aliphatic carbocycles. The molecule has 27 heavy (non-hydrogen) atoms. The van der Waals surface area contributed by atoms with E-state index in [0.717, 1.165) is 23.5 Å². The summed E-state index contributed by atoms with van der Waals surface area (Å²) >= 11 is 6.92. The molecule has 0 spiro atoms. The number of nitrogens with zero attached hydrogens (tertiary/aromatic N) is 1. The molecule has 10 heteroatoms. The van der Waals surface area contributed by atoms with Crippen molar-refractivity contribution in [3.8, 4) is 0 Å². The van der Waals surface area contributed by atoms with Crippen LogP contribution in [0.2, 0.25) is 5.02 Å². The standard InChI is InChI=1S/C17H15ClN2O6S/c1-4-26-17(23)13-8(2)14(9(3)21)27-16(13)19-15(22)11-6-5-10(20(24)25)7-12(11)18/h5-7H,4H2,1-3H3,(H,19,22). The first-order valence-electron chi connectivity index (χ1n) is 7.74. The van der Waals surface area contributed by atoms with Crippen molar-refractivity contribution in [1.82, 2.24) is 0 Å². The summed E-state index contributed by atoms with van der Waals surface area (Å²) < 4.78 is 5.00. The number of benzene rings is 1. The first kappa shape index (κ1) is 20.5. The van der Waals surface area contributed by atoms with Crippen LogP contribution in [-0.4, -0.2) is 29.2 Å². The van der Waals surface area contributed by atoms with Gasteiger partial charge in [-0.3, -0.25) is 19.7 Å². The van der Waals surface area contributed by atoms with Gasteiger partial charge in [-0.25, -0.2) is 4.79 Å². The third-order valence-corrected chi connectivity index (χ3v) is 5.20. The van der Waals surface area contributed by atoms with Gasteiger partial charge in [-0.05, 0) is 32.4 Å². The lowest BCUT2D eigenvalue weighted by atomic mass is 10.1. The molecular weight excluding hydrogens is 396 g/mol. The van der Waals surface area contributed by atoms with Crippen molar-refractivity contribution >= 4 is 51.3 Å². The van der Waals surface area contributed by atoms with E-state index in [9.17, 15) is 24.5 Å². The normalized spacial score (nSPS) is 10.4. The lowest BCUT2D eigenvalue weighted by Crippen LogP contribution is -2.15. The van der Waals surface area contributed by atoms with E-state index >= 15 is 0 Å². The van der Waals surface area contributed by atoms with E-state index < -0.39 is 16.8 Å². The van der Waals surface area contributed by atoms with Gasteiger partial charge in [0.25, 0.3) is 11.6 Å². The molecule has 8 nitrogen and oxygen atoms in total. The number of Topliss-reactive ketones (excluding diaryl/α,β-unsaturated/α-hetero) is 1. The van der Waals surface area contributed by atoms with Crippen molar-refractivity contribution in [2.24, 2.45) is 0 Å². The number of nitro benzene ring substituents is 1. The third kappa shape index (κ3) is 4.32. The lowest BCUT2D eigenvalue weighted by Gasteiger charge is -2.08. The van der Waals surface area contributed by atoms with Gasteiger partial charge in [0.1, 0.15) is 5.00 Å². The zero-order chi connectivity index (χ0) is 20.3. The number of ether oxygens (including phenoxy) is 1. The molecule has 0 bridgehead atoms. The Morgan fingerprint density at radius 3 is 2.52 bits per heavy atom. The van der Waals surface area contributed by atoms with Crippen molar-refractivity contribution in [3.05, 3.63) is 54.9 Å². The molecule has 0 aliphatic rings. The van der Waals surface area contributed by atoms with Crippen LogP contribution < -0.4 is 5.32 Å². The van der Waals surface area contributed by atoms with Gasteiger partial charge in [-0.2, -0.15) is 0 Å². The Kier molecular flexibility index (Phi) is 6.29. The van der Waals surface area contributed by atoms with Crippen LogP contribution in [0.15, 0.2) is 18.2 Å². The molecule has 1 aromatic heterocycles.